The molecule has 1 saturated carbocycles. The van der Waals surface area contributed by atoms with E-state index in [4.69, 9.17) is 0 Å². The van der Waals surface area contributed by atoms with Crippen LogP contribution in [0.3, 0.4) is 0 Å². The molecule has 0 unspecified atom stereocenters. The van der Waals surface area contributed by atoms with Crippen LogP contribution >= 0.6 is 11.8 Å². The number of halogens is 1. The van der Waals surface area contributed by atoms with Gasteiger partial charge in [-0.25, -0.2) is 12.8 Å². The molecule has 3 fully saturated rings. The van der Waals surface area contributed by atoms with E-state index in [1.54, 1.807) is 23.1 Å². The van der Waals surface area contributed by atoms with Gasteiger partial charge in [0.15, 0.2) is 15.0 Å². The molecule has 1 aromatic rings. The van der Waals surface area contributed by atoms with Gasteiger partial charge in [0.25, 0.3) is 5.91 Å². The number of amides is 1. The maximum Gasteiger partial charge on any atom is 0.251 e. The molecular formula is C15H15FN2O3S2. The van der Waals surface area contributed by atoms with Crippen LogP contribution in [-0.2, 0) is 14.6 Å². The second kappa shape index (κ2) is 5.31. The Kier molecular flexibility index (Phi) is 3.49. The number of nitrogens with zero attached hydrogens (tertiary/aromatic N) is 2. The Hall–Kier alpha value is -1.41. The van der Waals surface area contributed by atoms with Crippen LogP contribution in [0.15, 0.2) is 29.3 Å². The van der Waals surface area contributed by atoms with Crippen molar-refractivity contribution in [2.24, 2.45) is 10.9 Å². The number of carbonyl (C=O) groups excluding carboxylic acids is 1. The number of thioether (sulfide) groups is 1. The molecule has 0 spiro atoms. The molecule has 8 heteroatoms. The van der Waals surface area contributed by atoms with Crippen molar-refractivity contribution in [2.75, 3.05) is 16.4 Å². The lowest BCUT2D eigenvalue weighted by atomic mass is 10.2. The molecule has 1 aromatic carbocycles. The van der Waals surface area contributed by atoms with Crippen molar-refractivity contribution in [3.8, 4) is 0 Å². The lowest BCUT2D eigenvalue weighted by Crippen LogP contribution is -2.38. The zero-order valence-corrected chi connectivity index (χ0v) is 13.8. The standard InChI is InChI=1S/C15H15FN2O3S2/c16-10-3-1-2-4-11(10)18-12-7-23(20,21)8-13(12)22-15(18)17-14(19)9-5-6-9/h1-4,9,12-13H,5-8H2/t12-,13-/m0/s1. The van der Waals surface area contributed by atoms with Crippen molar-refractivity contribution in [3.05, 3.63) is 30.1 Å². The van der Waals surface area contributed by atoms with Crippen molar-refractivity contribution in [2.45, 2.75) is 24.1 Å². The van der Waals surface area contributed by atoms with Crippen LogP contribution < -0.4 is 4.90 Å². The van der Waals surface area contributed by atoms with Crippen LogP contribution in [0.2, 0.25) is 0 Å². The first-order chi connectivity index (χ1) is 10.9. The molecule has 1 amide bonds. The summed E-state index contributed by atoms with van der Waals surface area (Å²) in [7, 11) is -3.14. The van der Waals surface area contributed by atoms with E-state index in [-0.39, 0.29) is 40.3 Å². The first-order valence-corrected chi connectivity index (χ1v) is 10.2. The van der Waals surface area contributed by atoms with Gasteiger partial charge < -0.3 is 4.90 Å². The second-order valence-corrected chi connectivity index (χ2v) is 9.49. The molecular weight excluding hydrogens is 339 g/mol. The van der Waals surface area contributed by atoms with Gasteiger partial charge in [0.2, 0.25) is 0 Å². The van der Waals surface area contributed by atoms with Crippen molar-refractivity contribution in [1.29, 1.82) is 0 Å². The van der Waals surface area contributed by atoms with Crippen molar-refractivity contribution < 1.29 is 17.6 Å². The number of carbonyl (C=O) groups is 1. The Morgan fingerprint density at radius 1 is 1.26 bits per heavy atom. The smallest absolute Gasteiger partial charge is 0.251 e. The Bertz CT molecular complexity index is 805. The number of hydrogen-bond acceptors (Lipinski definition) is 4. The molecule has 1 aliphatic carbocycles. The molecule has 23 heavy (non-hydrogen) atoms. The average molecular weight is 354 g/mol. The highest BCUT2D eigenvalue weighted by atomic mass is 32.2. The SMILES string of the molecule is O=C(N=C1S[C@H]2CS(=O)(=O)C[C@@H]2N1c1ccccc1F)C1CC1. The maximum atomic E-state index is 14.2. The first-order valence-electron chi connectivity index (χ1n) is 7.48. The number of aliphatic imine (C=N–C) groups is 1. The van der Waals surface area contributed by atoms with Crippen molar-refractivity contribution >= 4 is 38.4 Å². The van der Waals surface area contributed by atoms with E-state index in [0.29, 0.717) is 5.17 Å². The highest BCUT2D eigenvalue weighted by Crippen LogP contribution is 2.42. The number of benzene rings is 1. The lowest BCUT2D eigenvalue weighted by Gasteiger charge is -2.24. The summed E-state index contributed by atoms with van der Waals surface area (Å²) in [5, 5.41) is 0.224. The third-order valence-electron chi connectivity index (χ3n) is 4.31. The summed E-state index contributed by atoms with van der Waals surface area (Å²) in [6.07, 6.45) is 1.70. The fraction of sp³-hybridized carbons (Fsp3) is 0.467. The summed E-state index contributed by atoms with van der Waals surface area (Å²) in [5.41, 5.74) is 0.284. The van der Waals surface area contributed by atoms with E-state index < -0.39 is 15.7 Å². The van der Waals surface area contributed by atoms with Crippen LogP contribution in [0.25, 0.3) is 0 Å². The van der Waals surface area contributed by atoms with Crippen LogP contribution in [-0.4, -0.2) is 42.3 Å². The van der Waals surface area contributed by atoms with Crippen molar-refractivity contribution in [3.63, 3.8) is 0 Å². The third-order valence-corrected chi connectivity index (χ3v) is 7.52. The molecule has 0 bridgehead atoms. The Morgan fingerprint density at radius 3 is 2.70 bits per heavy atom. The molecule has 3 aliphatic rings. The van der Waals surface area contributed by atoms with E-state index in [9.17, 15) is 17.6 Å². The topological polar surface area (TPSA) is 66.8 Å². The molecule has 2 saturated heterocycles. The van der Waals surface area contributed by atoms with E-state index in [2.05, 4.69) is 4.99 Å². The van der Waals surface area contributed by atoms with Gasteiger partial charge in [0.1, 0.15) is 5.82 Å². The van der Waals surface area contributed by atoms with Gasteiger partial charge in [-0.05, 0) is 25.0 Å². The highest BCUT2D eigenvalue weighted by molar-refractivity contribution is 8.16. The number of anilines is 1. The summed E-state index contributed by atoms with van der Waals surface area (Å²) >= 11 is 1.28. The summed E-state index contributed by atoms with van der Waals surface area (Å²) in [6, 6.07) is 5.84. The number of fused-ring (bicyclic) bond motifs is 1. The fourth-order valence-corrected chi connectivity index (χ4v) is 6.92. The van der Waals surface area contributed by atoms with E-state index in [0.717, 1.165) is 12.8 Å². The number of para-hydroxylation sites is 1. The zero-order chi connectivity index (χ0) is 16.2. The van der Waals surface area contributed by atoms with Gasteiger partial charge in [-0.15, -0.1) is 0 Å². The minimum Gasteiger partial charge on any atom is -0.313 e. The van der Waals surface area contributed by atoms with E-state index in [1.807, 2.05) is 0 Å². The molecule has 5 nitrogen and oxygen atoms in total. The molecule has 0 N–H and O–H groups in total. The quantitative estimate of drug-likeness (QED) is 0.811. The minimum atomic E-state index is -3.14. The molecule has 2 heterocycles. The van der Waals surface area contributed by atoms with E-state index >= 15 is 0 Å². The number of hydrogen-bond donors (Lipinski definition) is 0. The van der Waals surface area contributed by atoms with Gasteiger partial charge in [-0.3, -0.25) is 4.79 Å². The monoisotopic (exact) mass is 354 g/mol. The van der Waals surface area contributed by atoms with Gasteiger partial charge in [0, 0.05) is 11.2 Å². The third kappa shape index (κ3) is 2.78. The summed E-state index contributed by atoms with van der Waals surface area (Å²) in [6.45, 7) is 0. The van der Waals surface area contributed by atoms with E-state index in [1.165, 1.54) is 17.8 Å². The summed E-state index contributed by atoms with van der Waals surface area (Å²) in [4.78, 5) is 17.8. The van der Waals surface area contributed by atoms with Crippen LogP contribution in [0.5, 0.6) is 0 Å². The lowest BCUT2D eigenvalue weighted by molar-refractivity contribution is -0.118. The Balaban J connectivity index is 1.75. The van der Waals surface area contributed by atoms with Gasteiger partial charge in [-0.1, -0.05) is 23.9 Å². The maximum absolute atomic E-state index is 14.2. The molecule has 4 rings (SSSR count). The number of amidine groups is 1. The van der Waals surface area contributed by atoms with Gasteiger partial charge in [-0.2, -0.15) is 4.99 Å². The predicted octanol–water partition coefficient (Wildman–Crippen LogP) is 1.84. The minimum absolute atomic E-state index is 0.0188. The summed E-state index contributed by atoms with van der Waals surface area (Å²) < 4.78 is 38.1. The predicted molar refractivity (Wildman–Crippen MR) is 87.9 cm³/mol. The van der Waals surface area contributed by atoms with Crippen LogP contribution in [0, 0.1) is 11.7 Å². The number of sulfone groups is 1. The zero-order valence-electron chi connectivity index (χ0n) is 12.2. The van der Waals surface area contributed by atoms with Gasteiger partial charge in [0.05, 0.1) is 23.2 Å². The Morgan fingerprint density at radius 2 is 2.00 bits per heavy atom. The molecule has 2 aliphatic heterocycles. The first kappa shape index (κ1) is 15.1. The number of rotatable bonds is 2. The normalized spacial score (nSPS) is 30.7. The molecule has 0 aromatic heterocycles. The molecule has 2 atom stereocenters. The van der Waals surface area contributed by atoms with Gasteiger partial charge >= 0.3 is 0 Å². The summed E-state index contributed by atoms with van der Waals surface area (Å²) in [5.74, 6) is -0.629. The van der Waals surface area contributed by atoms with Crippen molar-refractivity contribution in [1.82, 2.24) is 0 Å². The molecule has 0 radical (unpaired) electrons. The van der Waals surface area contributed by atoms with Crippen LogP contribution in [0.1, 0.15) is 12.8 Å². The second-order valence-electron chi connectivity index (χ2n) is 6.13. The Labute approximate surface area is 137 Å². The largest absolute Gasteiger partial charge is 0.313 e. The fourth-order valence-electron chi connectivity index (χ4n) is 3.01. The molecule has 122 valence electrons. The average Bonchev–Trinajstić information content (AvgIpc) is 3.22. The highest BCUT2D eigenvalue weighted by Gasteiger charge is 2.50. The van der Waals surface area contributed by atoms with Crippen LogP contribution in [0.4, 0.5) is 10.1 Å².